The molecule has 0 spiro atoms. The van der Waals surface area contributed by atoms with E-state index in [1.807, 2.05) is 30.3 Å². The van der Waals surface area contributed by atoms with Crippen LogP contribution in [0.25, 0.3) is 0 Å². The van der Waals surface area contributed by atoms with E-state index < -0.39 is 0 Å². The van der Waals surface area contributed by atoms with Gasteiger partial charge in [-0.15, -0.1) is 0 Å². The highest BCUT2D eigenvalue weighted by Crippen LogP contribution is 2.28. The zero-order chi connectivity index (χ0) is 13.9. The van der Waals surface area contributed by atoms with Crippen LogP contribution in [0.1, 0.15) is 41.6 Å². The number of nitrogens with zero attached hydrogens (tertiary/aromatic N) is 2. The predicted molar refractivity (Wildman–Crippen MR) is 78.4 cm³/mol. The van der Waals surface area contributed by atoms with Gasteiger partial charge in [-0.2, -0.15) is 0 Å². The first-order chi connectivity index (χ1) is 9.79. The van der Waals surface area contributed by atoms with Gasteiger partial charge in [0.2, 0.25) is 0 Å². The van der Waals surface area contributed by atoms with Gasteiger partial charge in [0.05, 0.1) is 0 Å². The van der Waals surface area contributed by atoms with Crippen molar-refractivity contribution in [1.29, 1.82) is 0 Å². The first-order valence-corrected chi connectivity index (χ1v) is 7.02. The summed E-state index contributed by atoms with van der Waals surface area (Å²) in [5, 5.41) is 0. The molecule has 4 nitrogen and oxygen atoms in total. The Kier molecular flexibility index (Phi) is 3.65. The summed E-state index contributed by atoms with van der Waals surface area (Å²) in [4.78, 5) is 9.18. The summed E-state index contributed by atoms with van der Waals surface area (Å²) in [7, 11) is 1.68. The fourth-order valence-electron chi connectivity index (χ4n) is 2.78. The Bertz CT molecular complexity index is 598. The number of benzene rings is 1. The zero-order valence-corrected chi connectivity index (χ0v) is 11.7. The molecule has 0 saturated heterocycles. The molecule has 1 aromatic heterocycles. The fourth-order valence-corrected chi connectivity index (χ4v) is 2.78. The molecule has 0 bridgehead atoms. The van der Waals surface area contributed by atoms with Gasteiger partial charge in [-0.25, -0.2) is 9.97 Å². The van der Waals surface area contributed by atoms with Gasteiger partial charge in [0.15, 0.2) is 5.82 Å². The summed E-state index contributed by atoms with van der Waals surface area (Å²) in [6, 6.07) is 10.0. The number of rotatable bonds is 3. The number of aryl methyl sites for hydroxylation is 1. The highest BCUT2D eigenvalue weighted by Gasteiger charge is 2.21. The van der Waals surface area contributed by atoms with Crippen molar-refractivity contribution in [2.45, 2.75) is 31.8 Å². The highest BCUT2D eigenvalue weighted by molar-refractivity contribution is 5.44. The SMILES string of the molecule is COC(c1ccccc1)c1nc(N)c2c(n1)CCCC2. The number of methoxy groups -OCH3 is 1. The summed E-state index contributed by atoms with van der Waals surface area (Å²) in [5.41, 5.74) is 9.37. The lowest BCUT2D eigenvalue weighted by molar-refractivity contribution is 0.129. The van der Waals surface area contributed by atoms with Gasteiger partial charge in [-0.05, 0) is 31.2 Å². The third-order valence-corrected chi connectivity index (χ3v) is 3.80. The average Bonchev–Trinajstić information content (AvgIpc) is 2.49. The van der Waals surface area contributed by atoms with Gasteiger partial charge in [0.25, 0.3) is 0 Å². The number of fused-ring (bicyclic) bond motifs is 1. The molecule has 1 unspecified atom stereocenters. The normalized spacial score (nSPS) is 15.7. The predicted octanol–water partition coefficient (Wildman–Crippen LogP) is 2.67. The standard InChI is InChI=1S/C16H19N3O/c1-20-14(11-7-3-2-4-8-11)16-18-13-10-6-5-9-12(13)15(17)19-16/h2-4,7-8,14H,5-6,9-10H2,1H3,(H2,17,18,19). The molecule has 4 heteroatoms. The maximum Gasteiger partial charge on any atom is 0.164 e. The van der Waals surface area contributed by atoms with Crippen LogP contribution in [0.3, 0.4) is 0 Å². The molecule has 1 aliphatic carbocycles. The van der Waals surface area contributed by atoms with Crippen LogP contribution in [0.2, 0.25) is 0 Å². The van der Waals surface area contributed by atoms with Gasteiger partial charge >= 0.3 is 0 Å². The third kappa shape index (κ3) is 2.39. The van der Waals surface area contributed by atoms with E-state index in [1.165, 1.54) is 12.8 Å². The smallest absolute Gasteiger partial charge is 0.164 e. The number of nitrogen functional groups attached to an aromatic ring is 1. The maximum atomic E-state index is 6.11. The molecular formula is C16H19N3O. The van der Waals surface area contributed by atoms with E-state index in [9.17, 15) is 0 Å². The molecule has 0 fully saturated rings. The number of hydrogen-bond donors (Lipinski definition) is 1. The van der Waals surface area contributed by atoms with Crippen molar-refractivity contribution < 1.29 is 4.74 Å². The number of anilines is 1. The minimum atomic E-state index is -0.259. The minimum absolute atomic E-state index is 0.259. The van der Waals surface area contributed by atoms with Gasteiger partial charge in [-0.1, -0.05) is 30.3 Å². The first-order valence-electron chi connectivity index (χ1n) is 7.02. The van der Waals surface area contributed by atoms with Crippen molar-refractivity contribution in [2.75, 3.05) is 12.8 Å². The lowest BCUT2D eigenvalue weighted by atomic mass is 9.96. The summed E-state index contributed by atoms with van der Waals surface area (Å²) in [6.45, 7) is 0. The molecule has 0 amide bonds. The molecule has 20 heavy (non-hydrogen) atoms. The Morgan fingerprint density at radius 2 is 1.85 bits per heavy atom. The van der Waals surface area contributed by atoms with Crippen LogP contribution in [-0.2, 0) is 17.6 Å². The summed E-state index contributed by atoms with van der Waals surface area (Å²) in [5.74, 6) is 1.28. The number of hydrogen-bond acceptors (Lipinski definition) is 4. The largest absolute Gasteiger partial charge is 0.383 e. The van der Waals surface area contributed by atoms with Gasteiger partial charge in [-0.3, -0.25) is 0 Å². The topological polar surface area (TPSA) is 61.0 Å². The van der Waals surface area contributed by atoms with E-state index in [4.69, 9.17) is 15.5 Å². The number of nitrogens with two attached hydrogens (primary N) is 1. The van der Waals surface area contributed by atoms with Crippen LogP contribution in [0.15, 0.2) is 30.3 Å². The van der Waals surface area contributed by atoms with Crippen molar-refractivity contribution in [3.8, 4) is 0 Å². The number of aromatic nitrogens is 2. The Hall–Kier alpha value is -1.94. The molecular weight excluding hydrogens is 250 g/mol. The van der Waals surface area contributed by atoms with Gasteiger partial charge in [0.1, 0.15) is 11.9 Å². The molecule has 104 valence electrons. The fraction of sp³-hybridized carbons (Fsp3) is 0.375. The van der Waals surface area contributed by atoms with E-state index in [0.717, 1.165) is 29.7 Å². The monoisotopic (exact) mass is 269 g/mol. The van der Waals surface area contributed by atoms with E-state index in [0.29, 0.717) is 11.6 Å². The second-order valence-corrected chi connectivity index (χ2v) is 5.13. The van der Waals surface area contributed by atoms with Gasteiger partial charge < -0.3 is 10.5 Å². The zero-order valence-electron chi connectivity index (χ0n) is 11.7. The second-order valence-electron chi connectivity index (χ2n) is 5.13. The molecule has 1 atom stereocenters. The number of ether oxygens (including phenoxy) is 1. The van der Waals surface area contributed by atoms with E-state index in [1.54, 1.807) is 7.11 Å². The molecule has 2 N–H and O–H groups in total. The maximum absolute atomic E-state index is 6.11. The second kappa shape index (κ2) is 5.59. The van der Waals surface area contributed by atoms with Crippen LogP contribution in [0, 0.1) is 0 Å². The highest BCUT2D eigenvalue weighted by atomic mass is 16.5. The van der Waals surface area contributed by atoms with Crippen molar-refractivity contribution >= 4 is 5.82 Å². The summed E-state index contributed by atoms with van der Waals surface area (Å²) < 4.78 is 5.59. The molecule has 1 heterocycles. The molecule has 2 aromatic rings. The van der Waals surface area contributed by atoms with Crippen LogP contribution < -0.4 is 5.73 Å². The average molecular weight is 269 g/mol. The summed E-state index contributed by atoms with van der Waals surface area (Å²) >= 11 is 0. The van der Waals surface area contributed by atoms with Crippen LogP contribution >= 0.6 is 0 Å². The Labute approximate surface area is 119 Å². The summed E-state index contributed by atoms with van der Waals surface area (Å²) in [6.07, 6.45) is 4.06. The molecule has 0 saturated carbocycles. The van der Waals surface area contributed by atoms with Crippen LogP contribution in [0.5, 0.6) is 0 Å². The molecule has 1 aliphatic rings. The molecule has 0 aliphatic heterocycles. The molecule has 0 radical (unpaired) electrons. The minimum Gasteiger partial charge on any atom is -0.383 e. The lowest BCUT2D eigenvalue weighted by Crippen LogP contribution is -2.16. The quantitative estimate of drug-likeness (QED) is 0.930. The molecule has 3 rings (SSSR count). The Morgan fingerprint density at radius 3 is 2.60 bits per heavy atom. The van der Waals surface area contributed by atoms with E-state index >= 15 is 0 Å². The van der Waals surface area contributed by atoms with Gasteiger partial charge in [0, 0.05) is 18.4 Å². The van der Waals surface area contributed by atoms with E-state index in [-0.39, 0.29) is 6.10 Å². The van der Waals surface area contributed by atoms with E-state index in [2.05, 4.69) is 4.98 Å². The lowest BCUT2D eigenvalue weighted by Gasteiger charge is -2.20. The van der Waals surface area contributed by atoms with Crippen LogP contribution in [-0.4, -0.2) is 17.1 Å². The third-order valence-electron chi connectivity index (χ3n) is 3.80. The Balaban J connectivity index is 2.02. The Morgan fingerprint density at radius 1 is 1.10 bits per heavy atom. The van der Waals surface area contributed by atoms with Crippen molar-refractivity contribution in [3.05, 3.63) is 53.0 Å². The molecule has 1 aromatic carbocycles. The van der Waals surface area contributed by atoms with Crippen molar-refractivity contribution in [3.63, 3.8) is 0 Å². The van der Waals surface area contributed by atoms with Crippen LogP contribution in [0.4, 0.5) is 5.82 Å². The van der Waals surface area contributed by atoms with Crippen molar-refractivity contribution in [2.24, 2.45) is 0 Å². The van der Waals surface area contributed by atoms with Crippen molar-refractivity contribution in [1.82, 2.24) is 9.97 Å². The first kappa shape index (κ1) is 13.1.